The molecule has 1 aromatic rings. The highest BCUT2D eigenvalue weighted by atomic mass is 19.1. The van der Waals surface area contributed by atoms with Gasteiger partial charge in [-0.15, -0.1) is 0 Å². The van der Waals surface area contributed by atoms with Crippen molar-refractivity contribution in [2.24, 2.45) is 0 Å². The second-order valence-electron chi connectivity index (χ2n) is 4.52. The van der Waals surface area contributed by atoms with E-state index in [2.05, 4.69) is 6.07 Å². The van der Waals surface area contributed by atoms with Gasteiger partial charge in [-0.3, -0.25) is 9.69 Å². The van der Waals surface area contributed by atoms with Crippen molar-refractivity contribution < 1.29 is 13.9 Å². The summed E-state index contributed by atoms with van der Waals surface area (Å²) < 4.78 is 17.8. The molecule has 0 heterocycles. The van der Waals surface area contributed by atoms with Crippen LogP contribution in [0.25, 0.3) is 0 Å². The Morgan fingerprint density at radius 3 is 2.65 bits per heavy atom. The van der Waals surface area contributed by atoms with Gasteiger partial charge >= 0.3 is 0 Å². The first kappa shape index (κ1) is 16.3. The SMILES string of the molecule is COCCN(CCC#N)CC(=O)Cc1ccc(F)cc1. The summed E-state index contributed by atoms with van der Waals surface area (Å²) in [6, 6.07) is 7.99. The van der Waals surface area contributed by atoms with Gasteiger partial charge in [0, 0.05) is 33.0 Å². The molecule has 5 heteroatoms. The highest BCUT2D eigenvalue weighted by Gasteiger charge is 2.11. The number of carbonyl (C=O) groups excluding carboxylic acids is 1. The van der Waals surface area contributed by atoms with E-state index in [9.17, 15) is 9.18 Å². The molecule has 1 rings (SSSR count). The van der Waals surface area contributed by atoms with Crippen LogP contribution in [0.1, 0.15) is 12.0 Å². The molecule has 0 bridgehead atoms. The number of halogens is 1. The summed E-state index contributed by atoms with van der Waals surface area (Å²) in [5, 5.41) is 8.61. The van der Waals surface area contributed by atoms with E-state index in [0.29, 0.717) is 26.1 Å². The first-order chi connectivity index (χ1) is 9.65. The van der Waals surface area contributed by atoms with Crippen LogP contribution in [0.5, 0.6) is 0 Å². The molecule has 20 heavy (non-hydrogen) atoms. The lowest BCUT2D eigenvalue weighted by Gasteiger charge is -2.19. The highest BCUT2D eigenvalue weighted by molar-refractivity contribution is 5.82. The largest absolute Gasteiger partial charge is 0.383 e. The van der Waals surface area contributed by atoms with Gasteiger partial charge in [-0.25, -0.2) is 4.39 Å². The van der Waals surface area contributed by atoms with Gasteiger partial charge in [0.25, 0.3) is 0 Å². The van der Waals surface area contributed by atoms with Crippen molar-refractivity contribution in [2.45, 2.75) is 12.8 Å². The summed E-state index contributed by atoms with van der Waals surface area (Å²) in [7, 11) is 1.60. The second-order valence-corrected chi connectivity index (χ2v) is 4.52. The number of ketones is 1. The zero-order valence-corrected chi connectivity index (χ0v) is 11.6. The van der Waals surface area contributed by atoms with E-state index in [1.54, 1.807) is 19.2 Å². The molecule has 0 saturated carbocycles. The molecule has 0 aromatic heterocycles. The lowest BCUT2D eigenvalue weighted by molar-refractivity contribution is -0.119. The van der Waals surface area contributed by atoms with Gasteiger partial charge < -0.3 is 4.74 Å². The van der Waals surface area contributed by atoms with Crippen LogP contribution < -0.4 is 0 Å². The maximum Gasteiger partial charge on any atom is 0.151 e. The third-order valence-electron chi connectivity index (χ3n) is 2.87. The van der Waals surface area contributed by atoms with E-state index in [-0.39, 0.29) is 24.6 Å². The molecule has 0 amide bonds. The van der Waals surface area contributed by atoms with Crippen molar-refractivity contribution >= 4 is 5.78 Å². The Bertz CT molecular complexity index is 454. The van der Waals surface area contributed by atoms with E-state index >= 15 is 0 Å². The Morgan fingerprint density at radius 2 is 2.05 bits per heavy atom. The topological polar surface area (TPSA) is 53.3 Å². The fraction of sp³-hybridized carbons (Fsp3) is 0.467. The number of hydrogen-bond acceptors (Lipinski definition) is 4. The number of Topliss-reactive ketones (excluding diaryl/α,β-unsaturated/α-hetero) is 1. The molecule has 0 aliphatic heterocycles. The third-order valence-corrected chi connectivity index (χ3v) is 2.87. The minimum absolute atomic E-state index is 0.0469. The number of nitrogens with zero attached hydrogens (tertiary/aromatic N) is 2. The molecule has 1 aromatic carbocycles. The van der Waals surface area contributed by atoms with Crippen molar-refractivity contribution in [3.8, 4) is 6.07 Å². The second kappa shape index (κ2) is 9.18. The summed E-state index contributed by atoms with van der Waals surface area (Å²) in [5.41, 5.74) is 0.795. The Morgan fingerprint density at radius 1 is 1.35 bits per heavy atom. The number of methoxy groups -OCH3 is 1. The number of rotatable bonds is 9. The number of nitriles is 1. The van der Waals surface area contributed by atoms with E-state index in [0.717, 1.165) is 5.56 Å². The summed E-state index contributed by atoms with van der Waals surface area (Å²) >= 11 is 0. The maximum absolute atomic E-state index is 12.8. The molecule has 0 radical (unpaired) electrons. The smallest absolute Gasteiger partial charge is 0.151 e. The summed E-state index contributed by atoms with van der Waals surface area (Å²) in [6.07, 6.45) is 0.657. The molecule has 0 aliphatic carbocycles. The first-order valence-electron chi connectivity index (χ1n) is 6.50. The van der Waals surface area contributed by atoms with Crippen LogP contribution in [0.3, 0.4) is 0 Å². The Balaban J connectivity index is 2.47. The molecule has 0 saturated heterocycles. The van der Waals surface area contributed by atoms with Crippen molar-refractivity contribution in [3.05, 3.63) is 35.6 Å². The lowest BCUT2D eigenvalue weighted by atomic mass is 10.1. The van der Waals surface area contributed by atoms with Gasteiger partial charge in [0.05, 0.1) is 19.2 Å². The summed E-state index contributed by atoms with van der Waals surface area (Å²) in [6.45, 7) is 1.97. The normalized spacial score (nSPS) is 10.5. The average molecular weight is 278 g/mol. The van der Waals surface area contributed by atoms with E-state index < -0.39 is 0 Å². The molecule has 4 nitrogen and oxygen atoms in total. The van der Waals surface area contributed by atoms with Gasteiger partial charge in [-0.2, -0.15) is 5.26 Å². The highest BCUT2D eigenvalue weighted by Crippen LogP contribution is 2.05. The zero-order valence-electron chi connectivity index (χ0n) is 11.6. The molecule has 0 N–H and O–H groups in total. The average Bonchev–Trinajstić information content (AvgIpc) is 2.44. The van der Waals surface area contributed by atoms with Gasteiger partial charge in [0.1, 0.15) is 5.82 Å². The third kappa shape index (κ3) is 6.41. The first-order valence-corrected chi connectivity index (χ1v) is 6.50. The quantitative estimate of drug-likeness (QED) is 0.691. The van der Waals surface area contributed by atoms with Gasteiger partial charge in [-0.1, -0.05) is 12.1 Å². The van der Waals surface area contributed by atoms with Crippen molar-refractivity contribution in [2.75, 3.05) is 33.4 Å². The standard InChI is InChI=1S/C15H19FN2O2/c1-20-10-9-18(8-2-7-17)12-15(19)11-13-3-5-14(16)6-4-13/h3-6H,2,8-12H2,1H3. The van der Waals surface area contributed by atoms with Crippen LogP contribution in [0, 0.1) is 17.1 Å². The summed E-state index contributed by atoms with van der Waals surface area (Å²) in [5.74, 6) is -0.261. The molecular formula is C15H19FN2O2. The van der Waals surface area contributed by atoms with E-state index in [1.165, 1.54) is 12.1 Å². The van der Waals surface area contributed by atoms with Crippen molar-refractivity contribution in [3.63, 3.8) is 0 Å². The van der Waals surface area contributed by atoms with Crippen LogP contribution in [0.2, 0.25) is 0 Å². The van der Waals surface area contributed by atoms with Crippen LogP contribution in [0.15, 0.2) is 24.3 Å². The minimum Gasteiger partial charge on any atom is -0.383 e. The Kier molecular flexibility index (Phi) is 7.48. The molecule has 0 atom stereocenters. The number of ether oxygens (including phenoxy) is 1. The fourth-order valence-corrected chi connectivity index (χ4v) is 1.83. The molecule has 0 fully saturated rings. The van der Waals surface area contributed by atoms with Crippen molar-refractivity contribution in [1.82, 2.24) is 4.90 Å². The number of hydrogen-bond donors (Lipinski definition) is 0. The molecule has 0 unspecified atom stereocenters. The van der Waals surface area contributed by atoms with Crippen LogP contribution in [-0.2, 0) is 16.0 Å². The Hall–Kier alpha value is -1.77. The van der Waals surface area contributed by atoms with Gasteiger partial charge in [-0.05, 0) is 17.7 Å². The predicted octanol–water partition coefficient (Wildman–Crippen LogP) is 1.80. The molecular weight excluding hydrogens is 259 g/mol. The van der Waals surface area contributed by atoms with Gasteiger partial charge in [0.15, 0.2) is 5.78 Å². The van der Waals surface area contributed by atoms with Crippen LogP contribution >= 0.6 is 0 Å². The lowest BCUT2D eigenvalue weighted by Crippen LogP contribution is -2.34. The minimum atomic E-state index is -0.308. The van der Waals surface area contributed by atoms with Gasteiger partial charge in [0.2, 0.25) is 0 Å². The molecule has 0 spiro atoms. The molecule has 108 valence electrons. The summed E-state index contributed by atoms with van der Waals surface area (Å²) in [4.78, 5) is 13.9. The number of carbonyl (C=O) groups is 1. The molecule has 0 aliphatic rings. The fourth-order valence-electron chi connectivity index (χ4n) is 1.83. The predicted molar refractivity (Wildman–Crippen MR) is 73.7 cm³/mol. The van der Waals surface area contributed by atoms with Crippen LogP contribution in [0.4, 0.5) is 4.39 Å². The van der Waals surface area contributed by atoms with Crippen molar-refractivity contribution in [1.29, 1.82) is 5.26 Å². The number of benzene rings is 1. The monoisotopic (exact) mass is 278 g/mol. The van der Waals surface area contributed by atoms with E-state index in [1.807, 2.05) is 4.90 Å². The maximum atomic E-state index is 12.8. The zero-order chi connectivity index (χ0) is 14.8. The Labute approximate surface area is 118 Å². The van der Waals surface area contributed by atoms with Crippen LogP contribution in [-0.4, -0.2) is 44.0 Å². The van der Waals surface area contributed by atoms with E-state index in [4.69, 9.17) is 10.00 Å².